The van der Waals surface area contributed by atoms with E-state index in [0.29, 0.717) is 0 Å². The van der Waals surface area contributed by atoms with Crippen LogP contribution >= 0.6 is 15.9 Å². The van der Waals surface area contributed by atoms with E-state index < -0.39 is 0 Å². The second kappa shape index (κ2) is 6.41. The summed E-state index contributed by atoms with van der Waals surface area (Å²) in [6, 6.07) is 1.95. The van der Waals surface area contributed by atoms with Gasteiger partial charge in [-0.1, -0.05) is 19.3 Å². The number of hydrogen-bond acceptors (Lipinski definition) is 2. The Bertz CT molecular complexity index is 377. The Morgan fingerprint density at radius 2 is 2.24 bits per heavy atom. The number of halogens is 1. The van der Waals surface area contributed by atoms with E-state index in [0.717, 1.165) is 22.7 Å². The third-order valence-electron chi connectivity index (χ3n) is 3.47. The molecule has 0 saturated heterocycles. The summed E-state index contributed by atoms with van der Waals surface area (Å²) in [7, 11) is 2.01. The van der Waals surface area contributed by atoms with Crippen molar-refractivity contribution < 1.29 is 4.42 Å². The van der Waals surface area contributed by atoms with E-state index in [4.69, 9.17) is 4.42 Å². The van der Waals surface area contributed by atoms with Gasteiger partial charge in [-0.25, -0.2) is 0 Å². The summed E-state index contributed by atoms with van der Waals surface area (Å²) < 4.78 is 6.52. The third-order valence-corrected chi connectivity index (χ3v) is 4.13. The smallest absolute Gasteiger partial charge is 0.140 e. The van der Waals surface area contributed by atoms with E-state index in [9.17, 15) is 0 Å². The predicted octanol–water partition coefficient (Wildman–Crippen LogP) is 4.23. The molecule has 2 rings (SSSR count). The van der Waals surface area contributed by atoms with Gasteiger partial charge in [0, 0.05) is 6.54 Å². The zero-order chi connectivity index (χ0) is 12.1. The first-order valence-electron chi connectivity index (χ1n) is 6.39. The molecule has 1 aromatic rings. The second-order valence-electron chi connectivity index (χ2n) is 4.72. The molecule has 0 atom stereocenters. The van der Waals surface area contributed by atoms with Crippen LogP contribution in [0.2, 0.25) is 0 Å². The van der Waals surface area contributed by atoms with E-state index in [1.54, 1.807) is 6.26 Å². The van der Waals surface area contributed by atoms with Crippen LogP contribution in [-0.2, 0) is 0 Å². The van der Waals surface area contributed by atoms with Crippen LogP contribution in [-0.4, -0.2) is 13.6 Å². The fourth-order valence-corrected chi connectivity index (χ4v) is 2.88. The second-order valence-corrected chi connectivity index (χ2v) is 5.57. The molecule has 17 heavy (non-hydrogen) atoms. The standard InChI is InChI=1S/C14H20BrNO/c1-16-10-12(11-5-3-2-4-6-11)9-14-13(15)7-8-17-14/h7-9,11,16H,2-6,10H2,1H3/b12-9-. The highest BCUT2D eigenvalue weighted by atomic mass is 79.9. The lowest BCUT2D eigenvalue weighted by Crippen LogP contribution is -2.19. The van der Waals surface area contributed by atoms with Gasteiger partial charge in [0.15, 0.2) is 0 Å². The largest absolute Gasteiger partial charge is 0.464 e. The lowest BCUT2D eigenvalue weighted by atomic mass is 9.83. The fourth-order valence-electron chi connectivity index (χ4n) is 2.57. The Balaban J connectivity index is 2.15. The van der Waals surface area contributed by atoms with Crippen molar-refractivity contribution in [3.05, 3.63) is 28.1 Å². The van der Waals surface area contributed by atoms with E-state index in [-0.39, 0.29) is 0 Å². The molecule has 1 aromatic heterocycles. The van der Waals surface area contributed by atoms with Crippen molar-refractivity contribution >= 4 is 22.0 Å². The number of likely N-dealkylation sites (N-methyl/N-ethyl adjacent to an activating group) is 1. The highest BCUT2D eigenvalue weighted by Gasteiger charge is 2.18. The minimum absolute atomic E-state index is 0.730. The fraction of sp³-hybridized carbons (Fsp3) is 0.571. The summed E-state index contributed by atoms with van der Waals surface area (Å²) in [5.41, 5.74) is 1.47. The average Bonchev–Trinajstić information content (AvgIpc) is 2.76. The zero-order valence-electron chi connectivity index (χ0n) is 10.3. The molecule has 0 aromatic carbocycles. The summed E-state index contributed by atoms with van der Waals surface area (Å²) in [5, 5.41) is 3.27. The zero-order valence-corrected chi connectivity index (χ0v) is 11.9. The van der Waals surface area contributed by atoms with E-state index in [2.05, 4.69) is 27.3 Å². The molecule has 0 aliphatic heterocycles. The van der Waals surface area contributed by atoms with Crippen LogP contribution in [0.25, 0.3) is 6.08 Å². The average molecular weight is 298 g/mol. The lowest BCUT2D eigenvalue weighted by Gasteiger charge is -2.24. The van der Waals surface area contributed by atoms with Gasteiger partial charge in [-0.15, -0.1) is 0 Å². The van der Waals surface area contributed by atoms with Crippen molar-refractivity contribution in [1.82, 2.24) is 5.32 Å². The summed E-state index contributed by atoms with van der Waals surface area (Å²) in [6.45, 7) is 0.956. The number of rotatable bonds is 4. The third kappa shape index (κ3) is 3.46. The first kappa shape index (κ1) is 12.9. The Kier molecular flexibility index (Phi) is 4.86. The maximum atomic E-state index is 5.48. The van der Waals surface area contributed by atoms with Gasteiger partial charge >= 0.3 is 0 Å². The van der Waals surface area contributed by atoms with Gasteiger partial charge in [0.25, 0.3) is 0 Å². The molecule has 0 radical (unpaired) electrons. The van der Waals surface area contributed by atoms with E-state index in [1.165, 1.54) is 37.7 Å². The quantitative estimate of drug-likeness (QED) is 0.900. The highest BCUT2D eigenvalue weighted by molar-refractivity contribution is 9.10. The van der Waals surface area contributed by atoms with Gasteiger partial charge in [-0.05, 0) is 59.5 Å². The molecular formula is C14H20BrNO. The number of nitrogens with one attached hydrogen (secondary N) is 1. The van der Waals surface area contributed by atoms with Crippen LogP contribution in [0, 0.1) is 5.92 Å². The minimum atomic E-state index is 0.730. The van der Waals surface area contributed by atoms with Crippen molar-refractivity contribution in [2.24, 2.45) is 5.92 Å². The van der Waals surface area contributed by atoms with E-state index >= 15 is 0 Å². The van der Waals surface area contributed by atoms with Gasteiger partial charge < -0.3 is 9.73 Å². The minimum Gasteiger partial charge on any atom is -0.464 e. The summed E-state index contributed by atoms with van der Waals surface area (Å²) in [4.78, 5) is 0. The molecule has 0 bridgehead atoms. The van der Waals surface area contributed by atoms with Gasteiger partial charge in [-0.2, -0.15) is 0 Å². The van der Waals surface area contributed by atoms with Crippen molar-refractivity contribution in [1.29, 1.82) is 0 Å². The Morgan fingerprint density at radius 1 is 1.47 bits per heavy atom. The molecule has 1 fully saturated rings. The molecule has 1 N–H and O–H groups in total. The summed E-state index contributed by atoms with van der Waals surface area (Å²) in [5.74, 6) is 1.68. The molecular weight excluding hydrogens is 278 g/mol. The summed E-state index contributed by atoms with van der Waals surface area (Å²) >= 11 is 3.51. The Morgan fingerprint density at radius 3 is 2.82 bits per heavy atom. The Labute approximate surface area is 112 Å². The molecule has 1 aliphatic carbocycles. The molecule has 1 aliphatic rings. The molecule has 3 heteroatoms. The highest BCUT2D eigenvalue weighted by Crippen LogP contribution is 2.31. The Hall–Kier alpha value is -0.540. The maximum Gasteiger partial charge on any atom is 0.140 e. The molecule has 0 amide bonds. The van der Waals surface area contributed by atoms with Crippen molar-refractivity contribution in [2.75, 3.05) is 13.6 Å². The monoisotopic (exact) mass is 297 g/mol. The first-order chi connectivity index (χ1) is 8.31. The lowest BCUT2D eigenvalue weighted by molar-refractivity contribution is 0.397. The van der Waals surface area contributed by atoms with Crippen LogP contribution in [0.15, 0.2) is 26.8 Å². The van der Waals surface area contributed by atoms with Gasteiger partial charge in [0.1, 0.15) is 5.76 Å². The summed E-state index contributed by atoms with van der Waals surface area (Å²) in [6.07, 6.45) is 10.7. The SMILES string of the molecule is CNC/C(=C/c1occc1Br)C1CCCCC1. The molecule has 0 unspecified atom stereocenters. The van der Waals surface area contributed by atoms with Crippen molar-refractivity contribution in [3.8, 4) is 0 Å². The van der Waals surface area contributed by atoms with Crippen molar-refractivity contribution in [3.63, 3.8) is 0 Å². The predicted molar refractivity (Wildman–Crippen MR) is 74.9 cm³/mol. The van der Waals surface area contributed by atoms with Crippen molar-refractivity contribution in [2.45, 2.75) is 32.1 Å². The maximum absolute atomic E-state index is 5.48. The van der Waals surface area contributed by atoms with Crippen LogP contribution in [0.5, 0.6) is 0 Å². The van der Waals surface area contributed by atoms with Crippen LogP contribution < -0.4 is 5.32 Å². The normalized spacial score (nSPS) is 18.6. The first-order valence-corrected chi connectivity index (χ1v) is 7.18. The molecule has 94 valence electrons. The van der Waals surface area contributed by atoms with Gasteiger partial charge in [0.05, 0.1) is 10.7 Å². The van der Waals surface area contributed by atoms with Crippen LogP contribution in [0.3, 0.4) is 0 Å². The van der Waals surface area contributed by atoms with Gasteiger partial charge in [-0.3, -0.25) is 0 Å². The van der Waals surface area contributed by atoms with Crippen LogP contribution in [0.4, 0.5) is 0 Å². The molecule has 1 heterocycles. The number of furan rings is 1. The number of hydrogen-bond donors (Lipinski definition) is 1. The molecule has 0 spiro atoms. The van der Waals surface area contributed by atoms with Gasteiger partial charge in [0.2, 0.25) is 0 Å². The molecule has 2 nitrogen and oxygen atoms in total. The topological polar surface area (TPSA) is 25.2 Å². The van der Waals surface area contributed by atoms with E-state index in [1.807, 2.05) is 13.1 Å². The molecule has 1 saturated carbocycles. The van der Waals surface area contributed by atoms with Crippen LogP contribution in [0.1, 0.15) is 37.9 Å².